The Kier molecular flexibility index (Phi) is 32.8. The molecule has 0 spiro atoms. The van der Waals surface area contributed by atoms with Crippen LogP contribution < -0.4 is 0 Å². The zero-order valence-electron chi connectivity index (χ0n) is 27.6. The van der Waals surface area contributed by atoms with Crippen LogP contribution in [0.2, 0.25) is 0 Å². The average Bonchev–Trinajstić information content (AvgIpc) is 2.99. The summed E-state index contributed by atoms with van der Waals surface area (Å²) < 4.78 is 0. The molecule has 0 aromatic heterocycles. The van der Waals surface area contributed by atoms with E-state index >= 15 is 0 Å². The summed E-state index contributed by atoms with van der Waals surface area (Å²) in [6.07, 6.45) is 50.2. The van der Waals surface area contributed by atoms with E-state index in [0.717, 1.165) is 38.8 Å². The number of rotatable bonds is 31. The minimum Gasteiger partial charge on any atom is -0.339 e. The third kappa shape index (κ3) is 30.9. The summed E-state index contributed by atoms with van der Waals surface area (Å²) in [5.41, 5.74) is 0. The Hall–Kier alpha value is -1.83. The Morgan fingerprint density at radius 1 is 0.463 bits per heavy atom. The van der Waals surface area contributed by atoms with Crippen molar-refractivity contribution in [2.24, 2.45) is 0 Å². The summed E-state index contributed by atoms with van der Waals surface area (Å²) >= 11 is 0. The number of amides is 1. The lowest BCUT2D eigenvalue weighted by molar-refractivity contribution is -0.126. The third-order valence-electron chi connectivity index (χ3n) is 7.74. The van der Waals surface area contributed by atoms with Crippen LogP contribution in [0.4, 0.5) is 0 Å². The van der Waals surface area contributed by atoms with Gasteiger partial charge in [0.05, 0.1) is 0 Å². The first-order valence-electron chi connectivity index (χ1n) is 17.8. The lowest BCUT2D eigenvalue weighted by atomic mass is 10.1. The van der Waals surface area contributed by atoms with E-state index in [1.54, 1.807) is 0 Å². The van der Waals surface area contributed by atoms with Gasteiger partial charge in [-0.15, -0.1) is 0 Å². The zero-order valence-corrected chi connectivity index (χ0v) is 27.6. The Bertz CT molecular complexity index is 623. The van der Waals surface area contributed by atoms with Gasteiger partial charge in [0, 0.05) is 13.1 Å². The van der Waals surface area contributed by atoms with Crippen molar-refractivity contribution in [1.29, 1.82) is 0 Å². The van der Waals surface area contributed by atoms with Crippen molar-refractivity contribution >= 4 is 5.91 Å². The zero-order chi connectivity index (χ0) is 29.9. The molecule has 0 atom stereocenters. The van der Waals surface area contributed by atoms with Crippen LogP contribution in [-0.4, -0.2) is 23.9 Å². The first-order valence-corrected chi connectivity index (χ1v) is 17.8. The van der Waals surface area contributed by atoms with Gasteiger partial charge in [0.1, 0.15) is 0 Å². The van der Waals surface area contributed by atoms with Crippen LogP contribution >= 0.6 is 0 Å². The molecule has 0 aliphatic rings. The highest BCUT2D eigenvalue weighted by atomic mass is 16.2. The van der Waals surface area contributed by atoms with Crippen LogP contribution in [0.1, 0.15) is 168 Å². The Balaban J connectivity index is 3.65. The van der Waals surface area contributed by atoms with E-state index in [1.807, 2.05) is 4.90 Å². The second kappa shape index (κ2) is 34.4. The smallest absolute Gasteiger partial charge is 0.245 e. The second-order valence-corrected chi connectivity index (χ2v) is 11.7. The molecule has 0 N–H and O–H groups in total. The van der Waals surface area contributed by atoms with E-state index in [9.17, 15) is 4.79 Å². The highest BCUT2D eigenvalue weighted by Crippen LogP contribution is 2.12. The molecule has 236 valence electrons. The number of carbonyl (C=O) groups is 1. The van der Waals surface area contributed by atoms with Crippen LogP contribution in [0.3, 0.4) is 0 Å². The second-order valence-electron chi connectivity index (χ2n) is 11.7. The topological polar surface area (TPSA) is 20.3 Å². The van der Waals surface area contributed by atoms with Crippen molar-refractivity contribution in [1.82, 2.24) is 4.90 Å². The summed E-state index contributed by atoms with van der Waals surface area (Å²) in [5.74, 6) is 0.107. The molecule has 0 unspecified atom stereocenters. The van der Waals surface area contributed by atoms with Gasteiger partial charge in [0.25, 0.3) is 0 Å². The third-order valence-corrected chi connectivity index (χ3v) is 7.74. The maximum atomic E-state index is 12.3. The molecule has 0 heterocycles. The van der Waals surface area contributed by atoms with E-state index in [1.165, 1.54) is 134 Å². The monoisotopic (exact) mass is 568 g/mol. The van der Waals surface area contributed by atoms with Crippen molar-refractivity contribution in [3.05, 3.63) is 61.3 Å². The molecular weight excluding hydrogens is 498 g/mol. The normalized spacial score (nSPS) is 12.0. The summed E-state index contributed by atoms with van der Waals surface area (Å²) in [7, 11) is 0. The maximum absolute atomic E-state index is 12.3. The number of carbonyl (C=O) groups excluding carboxylic acids is 1. The molecule has 0 radical (unpaired) electrons. The van der Waals surface area contributed by atoms with E-state index in [2.05, 4.69) is 69.0 Å². The van der Waals surface area contributed by atoms with Gasteiger partial charge in [0.15, 0.2) is 0 Å². The fraction of sp³-hybridized carbons (Fsp3) is 0.718. The van der Waals surface area contributed by atoms with Crippen LogP contribution in [0, 0.1) is 0 Å². The van der Waals surface area contributed by atoms with Crippen molar-refractivity contribution in [3.8, 4) is 0 Å². The highest BCUT2D eigenvalue weighted by molar-refractivity contribution is 5.86. The molecule has 0 aromatic rings. The first-order chi connectivity index (χ1) is 20.3. The molecular formula is C39H69NO. The van der Waals surface area contributed by atoms with Gasteiger partial charge in [-0.2, -0.15) is 0 Å². The fourth-order valence-electron chi connectivity index (χ4n) is 5.04. The van der Waals surface area contributed by atoms with Gasteiger partial charge >= 0.3 is 0 Å². The lowest BCUT2D eigenvalue weighted by Crippen LogP contribution is -2.31. The average molecular weight is 568 g/mol. The van der Waals surface area contributed by atoms with Crippen LogP contribution in [-0.2, 0) is 4.79 Å². The lowest BCUT2D eigenvalue weighted by Gasteiger charge is -2.21. The van der Waals surface area contributed by atoms with E-state index in [-0.39, 0.29) is 5.91 Å². The van der Waals surface area contributed by atoms with E-state index in [0.29, 0.717) is 0 Å². The molecule has 0 aliphatic carbocycles. The Morgan fingerprint density at radius 2 is 0.780 bits per heavy atom. The minimum absolute atomic E-state index is 0.107. The van der Waals surface area contributed by atoms with Crippen LogP contribution in [0.5, 0.6) is 0 Å². The molecule has 2 heteroatoms. The molecule has 0 bridgehead atoms. The van der Waals surface area contributed by atoms with Gasteiger partial charge in [-0.3, -0.25) is 4.79 Å². The van der Waals surface area contributed by atoms with Gasteiger partial charge < -0.3 is 4.90 Å². The van der Waals surface area contributed by atoms with Gasteiger partial charge in [0.2, 0.25) is 5.91 Å². The SMILES string of the molecule is C=CC(=O)N(CCCCCCCC/C=C\C/C=C\CCCCC)CCCCCCCC/C=C\C/C=C\CCCCC. The molecule has 2 nitrogen and oxygen atoms in total. The summed E-state index contributed by atoms with van der Waals surface area (Å²) in [6, 6.07) is 0. The van der Waals surface area contributed by atoms with Gasteiger partial charge in [-0.25, -0.2) is 0 Å². The Morgan fingerprint density at radius 3 is 1.12 bits per heavy atom. The largest absolute Gasteiger partial charge is 0.339 e. The van der Waals surface area contributed by atoms with E-state index in [4.69, 9.17) is 0 Å². The van der Waals surface area contributed by atoms with E-state index < -0.39 is 0 Å². The van der Waals surface area contributed by atoms with Crippen LogP contribution in [0.15, 0.2) is 61.3 Å². The molecule has 41 heavy (non-hydrogen) atoms. The van der Waals surface area contributed by atoms with Crippen LogP contribution in [0.25, 0.3) is 0 Å². The van der Waals surface area contributed by atoms with Crippen molar-refractivity contribution in [2.75, 3.05) is 13.1 Å². The summed E-state index contributed by atoms with van der Waals surface area (Å²) in [4.78, 5) is 14.3. The van der Waals surface area contributed by atoms with Gasteiger partial charge in [-0.1, -0.05) is 146 Å². The summed E-state index contributed by atoms with van der Waals surface area (Å²) in [5, 5.41) is 0. The predicted molar refractivity (Wildman–Crippen MR) is 185 cm³/mol. The quantitative estimate of drug-likeness (QED) is 0.0463. The molecule has 0 aromatic carbocycles. The number of unbranched alkanes of at least 4 members (excludes halogenated alkanes) is 18. The number of hydrogen-bond acceptors (Lipinski definition) is 1. The first kappa shape index (κ1) is 39.2. The number of hydrogen-bond donors (Lipinski definition) is 0. The molecule has 0 aliphatic heterocycles. The molecule has 0 saturated heterocycles. The molecule has 0 saturated carbocycles. The minimum atomic E-state index is 0.107. The predicted octanol–water partition coefficient (Wildman–Crippen LogP) is 12.6. The highest BCUT2D eigenvalue weighted by Gasteiger charge is 2.09. The van der Waals surface area contributed by atoms with Gasteiger partial charge in [-0.05, 0) is 83.1 Å². The van der Waals surface area contributed by atoms with Crippen molar-refractivity contribution < 1.29 is 4.79 Å². The summed E-state index contributed by atoms with van der Waals surface area (Å²) in [6.45, 7) is 10.0. The molecule has 0 rings (SSSR count). The molecule has 0 fully saturated rings. The Labute approximate surface area is 257 Å². The maximum Gasteiger partial charge on any atom is 0.245 e. The number of allylic oxidation sites excluding steroid dienone is 8. The van der Waals surface area contributed by atoms with Crippen molar-refractivity contribution in [3.63, 3.8) is 0 Å². The molecule has 1 amide bonds. The fourth-order valence-corrected chi connectivity index (χ4v) is 5.04. The number of nitrogens with zero attached hydrogens (tertiary/aromatic N) is 1. The standard InChI is InChI=1S/C39H69NO/c1-4-7-9-11-13-15-17-19-21-23-25-27-29-31-33-35-37-40(39(41)6-3)38-36-34-32-30-28-26-24-22-20-18-16-14-12-10-8-5-2/h6,13-16,19-22H,3-5,7-12,17-18,23-38H2,1-2H3/b15-13-,16-14-,21-19-,22-20-. The van der Waals surface area contributed by atoms with Crippen molar-refractivity contribution in [2.45, 2.75) is 168 Å².